The summed E-state index contributed by atoms with van der Waals surface area (Å²) in [5.74, 6) is 1.11. The minimum Gasteiger partial charge on any atom is -0.437 e. The number of aromatic nitrogens is 2. The molecule has 0 aliphatic heterocycles. The number of hydrogen-bond donors (Lipinski definition) is 1. The van der Waals surface area contributed by atoms with Gasteiger partial charge in [-0.3, -0.25) is 4.98 Å². The Morgan fingerprint density at radius 3 is 2.94 bits per heavy atom. The van der Waals surface area contributed by atoms with Crippen LogP contribution in [0.25, 0.3) is 0 Å². The molecule has 1 N–H and O–H groups in total. The van der Waals surface area contributed by atoms with Crippen LogP contribution in [0.1, 0.15) is 5.69 Å². The van der Waals surface area contributed by atoms with Crippen molar-refractivity contribution in [2.45, 2.75) is 6.54 Å². The Hall–Kier alpha value is -1.17. The summed E-state index contributed by atoms with van der Waals surface area (Å²) in [6, 6.07) is 5.31. The first-order valence-electron chi connectivity index (χ1n) is 5.27. The van der Waals surface area contributed by atoms with Gasteiger partial charge in [0.1, 0.15) is 5.75 Å². The van der Waals surface area contributed by atoms with E-state index >= 15 is 0 Å². The molecule has 0 aliphatic rings. The molecule has 2 heterocycles. The monoisotopic (exact) mass is 327 g/mol. The molecule has 0 radical (unpaired) electrons. The standard InChI is InChI=1S/C12H11BrClN3O/c1-15-7-11-10(14)2-3-12(17-11)18-9-4-8(13)5-16-6-9/h2-6,15H,7H2,1H3. The van der Waals surface area contributed by atoms with Crippen molar-refractivity contribution in [2.75, 3.05) is 7.05 Å². The Kier molecular flexibility index (Phi) is 4.52. The molecule has 0 bridgehead atoms. The van der Waals surface area contributed by atoms with E-state index in [0.29, 0.717) is 23.2 Å². The largest absolute Gasteiger partial charge is 0.437 e. The summed E-state index contributed by atoms with van der Waals surface area (Å²) in [5, 5.41) is 3.62. The van der Waals surface area contributed by atoms with Gasteiger partial charge in [-0.25, -0.2) is 4.98 Å². The molecule has 2 aromatic heterocycles. The summed E-state index contributed by atoms with van der Waals surface area (Å²) in [4.78, 5) is 8.35. The molecule has 0 unspecified atom stereocenters. The van der Waals surface area contributed by atoms with Crippen molar-refractivity contribution in [1.29, 1.82) is 0 Å². The van der Waals surface area contributed by atoms with Crippen molar-refractivity contribution in [3.05, 3.63) is 45.8 Å². The normalized spacial score (nSPS) is 10.4. The van der Waals surface area contributed by atoms with E-state index in [2.05, 4.69) is 31.2 Å². The fourth-order valence-corrected chi connectivity index (χ4v) is 1.90. The average Bonchev–Trinajstić information content (AvgIpc) is 2.34. The maximum atomic E-state index is 6.03. The molecular weight excluding hydrogens is 318 g/mol. The highest BCUT2D eigenvalue weighted by molar-refractivity contribution is 9.10. The van der Waals surface area contributed by atoms with Crippen molar-refractivity contribution < 1.29 is 4.74 Å². The molecule has 2 rings (SSSR count). The summed E-state index contributed by atoms with van der Waals surface area (Å²) < 4.78 is 6.46. The molecule has 18 heavy (non-hydrogen) atoms. The van der Waals surface area contributed by atoms with E-state index in [1.807, 2.05) is 13.1 Å². The molecule has 6 heteroatoms. The van der Waals surface area contributed by atoms with Crippen molar-refractivity contribution in [3.63, 3.8) is 0 Å². The highest BCUT2D eigenvalue weighted by atomic mass is 79.9. The SMILES string of the molecule is CNCc1nc(Oc2cncc(Br)c2)ccc1Cl. The summed E-state index contributed by atoms with van der Waals surface area (Å²) in [6.07, 6.45) is 3.31. The van der Waals surface area contributed by atoms with Crippen LogP contribution in [0.2, 0.25) is 5.02 Å². The second-order valence-electron chi connectivity index (χ2n) is 3.55. The van der Waals surface area contributed by atoms with Gasteiger partial charge in [0.25, 0.3) is 0 Å². The molecule has 0 fully saturated rings. The lowest BCUT2D eigenvalue weighted by Gasteiger charge is -2.07. The Bertz CT molecular complexity index is 551. The molecule has 2 aromatic rings. The number of halogens is 2. The van der Waals surface area contributed by atoms with Gasteiger partial charge in [-0.15, -0.1) is 0 Å². The van der Waals surface area contributed by atoms with Gasteiger partial charge >= 0.3 is 0 Å². The van der Waals surface area contributed by atoms with E-state index in [1.54, 1.807) is 24.5 Å². The first-order valence-corrected chi connectivity index (χ1v) is 6.44. The van der Waals surface area contributed by atoms with E-state index in [9.17, 15) is 0 Å². The van der Waals surface area contributed by atoms with E-state index in [1.165, 1.54) is 0 Å². The number of ether oxygens (including phenoxy) is 1. The second-order valence-corrected chi connectivity index (χ2v) is 4.87. The van der Waals surface area contributed by atoms with Gasteiger partial charge in [0.05, 0.1) is 16.9 Å². The molecule has 94 valence electrons. The maximum absolute atomic E-state index is 6.03. The Labute approximate surface area is 118 Å². The lowest BCUT2D eigenvalue weighted by Crippen LogP contribution is -2.07. The van der Waals surface area contributed by atoms with Crippen LogP contribution in [-0.2, 0) is 6.54 Å². The van der Waals surface area contributed by atoms with E-state index in [-0.39, 0.29) is 0 Å². The Morgan fingerprint density at radius 2 is 2.22 bits per heavy atom. The molecule has 0 atom stereocenters. The third kappa shape index (κ3) is 3.41. The molecule has 0 aromatic carbocycles. The number of nitrogens with one attached hydrogen (secondary N) is 1. The third-order valence-corrected chi connectivity index (χ3v) is 2.92. The second kappa shape index (κ2) is 6.13. The fraction of sp³-hybridized carbons (Fsp3) is 0.167. The predicted octanol–water partition coefficient (Wildman–Crippen LogP) is 3.40. The zero-order chi connectivity index (χ0) is 13.0. The quantitative estimate of drug-likeness (QED) is 0.934. The highest BCUT2D eigenvalue weighted by Gasteiger charge is 2.05. The molecular formula is C12H11BrClN3O. The van der Waals surface area contributed by atoms with Gasteiger partial charge in [-0.2, -0.15) is 0 Å². The summed E-state index contributed by atoms with van der Waals surface area (Å²) in [7, 11) is 1.84. The molecule has 0 spiro atoms. The molecule has 0 saturated heterocycles. The van der Waals surface area contributed by atoms with Crippen LogP contribution in [0.5, 0.6) is 11.6 Å². The van der Waals surface area contributed by atoms with Gasteiger partial charge < -0.3 is 10.1 Å². The number of rotatable bonds is 4. The van der Waals surface area contributed by atoms with Crippen LogP contribution in [0.15, 0.2) is 35.1 Å². The van der Waals surface area contributed by atoms with Gasteiger partial charge in [-0.1, -0.05) is 11.6 Å². The lowest BCUT2D eigenvalue weighted by atomic mass is 10.3. The first-order chi connectivity index (χ1) is 8.69. The van der Waals surface area contributed by atoms with E-state index < -0.39 is 0 Å². The van der Waals surface area contributed by atoms with E-state index in [0.717, 1.165) is 10.2 Å². The topological polar surface area (TPSA) is 47.0 Å². The van der Waals surface area contributed by atoms with Crippen LogP contribution in [0.4, 0.5) is 0 Å². The highest BCUT2D eigenvalue weighted by Crippen LogP contribution is 2.24. The van der Waals surface area contributed by atoms with Crippen LogP contribution in [0, 0.1) is 0 Å². The van der Waals surface area contributed by atoms with Crippen LogP contribution in [-0.4, -0.2) is 17.0 Å². The maximum Gasteiger partial charge on any atom is 0.219 e. The molecule has 0 aliphatic carbocycles. The van der Waals surface area contributed by atoms with Gasteiger partial charge in [0.2, 0.25) is 5.88 Å². The smallest absolute Gasteiger partial charge is 0.219 e. The lowest BCUT2D eigenvalue weighted by molar-refractivity contribution is 0.457. The fourth-order valence-electron chi connectivity index (χ4n) is 1.38. The molecule has 4 nitrogen and oxygen atoms in total. The Morgan fingerprint density at radius 1 is 1.39 bits per heavy atom. The Balaban J connectivity index is 2.21. The minimum atomic E-state index is 0.490. The predicted molar refractivity (Wildman–Crippen MR) is 74.0 cm³/mol. The number of hydrogen-bond acceptors (Lipinski definition) is 4. The minimum absolute atomic E-state index is 0.490. The van der Waals surface area contributed by atoms with Crippen LogP contribution < -0.4 is 10.1 Å². The van der Waals surface area contributed by atoms with Crippen molar-refractivity contribution >= 4 is 27.5 Å². The van der Waals surface area contributed by atoms with E-state index in [4.69, 9.17) is 16.3 Å². The van der Waals surface area contributed by atoms with Crippen molar-refractivity contribution in [3.8, 4) is 11.6 Å². The van der Waals surface area contributed by atoms with Gasteiger partial charge in [0.15, 0.2) is 0 Å². The summed E-state index contributed by atoms with van der Waals surface area (Å²) in [5.41, 5.74) is 0.750. The van der Waals surface area contributed by atoms with Crippen molar-refractivity contribution in [2.24, 2.45) is 0 Å². The van der Waals surface area contributed by atoms with Gasteiger partial charge in [-0.05, 0) is 35.1 Å². The third-order valence-electron chi connectivity index (χ3n) is 2.14. The molecule has 0 amide bonds. The van der Waals surface area contributed by atoms with Crippen molar-refractivity contribution in [1.82, 2.24) is 15.3 Å². The van der Waals surface area contributed by atoms with Crippen LogP contribution in [0.3, 0.4) is 0 Å². The van der Waals surface area contributed by atoms with Crippen LogP contribution >= 0.6 is 27.5 Å². The zero-order valence-corrected chi connectivity index (χ0v) is 12.0. The summed E-state index contributed by atoms with van der Waals surface area (Å²) in [6.45, 7) is 0.590. The summed E-state index contributed by atoms with van der Waals surface area (Å²) >= 11 is 9.36. The van der Waals surface area contributed by atoms with Gasteiger partial charge in [0, 0.05) is 23.3 Å². The zero-order valence-electron chi connectivity index (χ0n) is 9.65. The first kappa shape index (κ1) is 13.3. The number of pyridine rings is 2. The molecule has 0 saturated carbocycles. The average molecular weight is 329 g/mol. The number of nitrogens with zero attached hydrogens (tertiary/aromatic N) is 2.